The number of nitrogens with zero attached hydrogens (tertiary/aromatic N) is 1. The molecule has 0 aliphatic rings. The fourth-order valence-electron chi connectivity index (χ4n) is 1.87. The van der Waals surface area contributed by atoms with Crippen molar-refractivity contribution >= 4 is 21.5 Å². The van der Waals surface area contributed by atoms with E-state index in [4.69, 9.17) is 0 Å². The Morgan fingerprint density at radius 1 is 1.39 bits per heavy atom. The second-order valence-corrected chi connectivity index (χ2v) is 6.79. The maximum Gasteiger partial charge on any atom is 0.308 e. The van der Waals surface area contributed by atoms with Crippen LogP contribution >= 0.6 is 0 Å². The van der Waals surface area contributed by atoms with Gasteiger partial charge in [0, 0.05) is 12.3 Å². The SMILES string of the molecule is CCOC(=O)CC(O)C(O)c1ccc(S(C)(=O)=O)cc1[N+](=O)[O-]. The average Bonchev–Trinajstić information content (AvgIpc) is 2.44. The molecule has 0 heterocycles. The van der Waals surface area contributed by atoms with E-state index in [1.54, 1.807) is 6.92 Å². The van der Waals surface area contributed by atoms with Crippen molar-refractivity contribution in [2.24, 2.45) is 0 Å². The summed E-state index contributed by atoms with van der Waals surface area (Å²) in [5, 5.41) is 30.9. The monoisotopic (exact) mass is 347 g/mol. The van der Waals surface area contributed by atoms with E-state index in [9.17, 15) is 33.5 Å². The molecule has 23 heavy (non-hydrogen) atoms. The van der Waals surface area contributed by atoms with E-state index in [-0.39, 0.29) is 17.1 Å². The summed E-state index contributed by atoms with van der Waals surface area (Å²) in [5.74, 6) is -0.769. The Hall–Kier alpha value is -2.04. The van der Waals surface area contributed by atoms with Gasteiger partial charge in [-0.2, -0.15) is 0 Å². The summed E-state index contributed by atoms with van der Waals surface area (Å²) in [7, 11) is -3.67. The van der Waals surface area contributed by atoms with Gasteiger partial charge in [-0.1, -0.05) is 0 Å². The van der Waals surface area contributed by atoms with Crippen LogP contribution in [0.15, 0.2) is 23.1 Å². The van der Waals surface area contributed by atoms with Crippen LogP contribution in [0.4, 0.5) is 5.69 Å². The van der Waals surface area contributed by atoms with E-state index in [1.807, 2.05) is 0 Å². The molecule has 0 radical (unpaired) electrons. The van der Waals surface area contributed by atoms with Gasteiger partial charge in [-0.25, -0.2) is 8.42 Å². The predicted molar refractivity (Wildman–Crippen MR) is 78.4 cm³/mol. The first-order valence-electron chi connectivity index (χ1n) is 6.58. The lowest BCUT2D eigenvalue weighted by Crippen LogP contribution is -2.24. The highest BCUT2D eigenvalue weighted by atomic mass is 32.2. The number of esters is 1. The van der Waals surface area contributed by atoms with Crippen LogP contribution in [0, 0.1) is 10.1 Å². The van der Waals surface area contributed by atoms with Gasteiger partial charge in [0.25, 0.3) is 5.69 Å². The molecule has 10 heteroatoms. The summed E-state index contributed by atoms with van der Waals surface area (Å²) < 4.78 is 27.5. The molecule has 128 valence electrons. The number of aliphatic hydroxyl groups is 2. The van der Waals surface area contributed by atoms with Crippen LogP contribution in [0.1, 0.15) is 25.0 Å². The second-order valence-electron chi connectivity index (χ2n) is 4.77. The molecule has 2 atom stereocenters. The Kier molecular flexibility index (Phi) is 6.19. The van der Waals surface area contributed by atoms with Crippen LogP contribution < -0.4 is 0 Å². The van der Waals surface area contributed by atoms with Gasteiger partial charge < -0.3 is 14.9 Å². The van der Waals surface area contributed by atoms with Crippen molar-refractivity contribution in [3.63, 3.8) is 0 Å². The largest absolute Gasteiger partial charge is 0.466 e. The van der Waals surface area contributed by atoms with Gasteiger partial charge in [-0.15, -0.1) is 0 Å². The topological polar surface area (TPSA) is 144 Å². The molecule has 1 rings (SSSR count). The Balaban J connectivity index is 3.16. The lowest BCUT2D eigenvalue weighted by atomic mass is 10.0. The smallest absolute Gasteiger partial charge is 0.308 e. The number of benzene rings is 1. The highest BCUT2D eigenvalue weighted by molar-refractivity contribution is 7.90. The first kappa shape index (κ1) is 19.0. The highest BCUT2D eigenvalue weighted by Gasteiger charge is 2.29. The Labute approximate surface area is 132 Å². The molecule has 1 aromatic rings. The number of carbonyl (C=O) groups excluding carboxylic acids is 1. The van der Waals surface area contributed by atoms with Crippen LogP contribution in [0.3, 0.4) is 0 Å². The molecule has 0 fully saturated rings. The highest BCUT2D eigenvalue weighted by Crippen LogP contribution is 2.30. The Morgan fingerprint density at radius 2 is 2.00 bits per heavy atom. The number of hydrogen-bond acceptors (Lipinski definition) is 8. The number of hydrogen-bond donors (Lipinski definition) is 2. The van der Waals surface area contributed by atoms with Gasteiger partial charge in [0.15, 0.2) is 9.84 Å². The summed E-state index contributed by atoms with van der Waals surface area (Å²) in [4.78, 5) is 21.2. The normalized spacial score (nSPS) is 14.1. The van der Waals surface area contributed by atoms with Crippen molar-refractivity contribution in [2.75, 3.05) is 12.9 Å². The first-order valence-corrected chi connectivity index (χ1v) is 8.47. The third kappa shape index (κ3) is 4.98. The van der Waals surface area contributed by atoms with Crippen LogP contribution in [0.2, 0.25) is 0 Å². The zero-order valence-electron chi connectivity index (χ0n) is 12.5. The average molecular weight is 347 g/mol. The van der Waals surface area contributed by atoms with Crippen molar-refractivity contribution < 1.29 is 33.1 Å². The molecule has 0 aliphatic heterocycles. The minimum absolute atomic E-state index is 0.0881. The standard InChI is InChI=1S/C13H17NO8S/c1-3-22-12(16)7-11(15)13(17)9-5-4-8(23(2,20)21)6-10(9)14(18)19/h4-6,11,13,15,17H,3,7H2,1-2H3. The summed E-state index contributed by atoms with van der Waals surface area (Å²) in [6.07, 6.45) is -3.04. The van der Waals surface area contributed by atoms with Crippen LogP contribution in [-0.2, 0) is 19.4 Å². The van der Waals surface area contributed by atoms with Gasteiger partial charge in [0.2, 0.25) is 0 Å². The van der Waals surface area contributed by atoms with Crippen LogP contribution in [0.5, 0.6) is 0 Å². The molecular formula is C13H17NO8S. The molecular weight excluding hydrogens is 330 g/mol. The van der Waals surface area contributed by atoms with Crippen molar-refractivity contribution in [1.82, 2.24) is 0 Å². The first-order chi connectivity index (χ1) is 10.6. The predicted octanol–water partition coefficient (Wildman–Crippen LogP) is 0.346. The third-order valence-corrected chi connectivity index (χ3v) is 4.10. The lowest BCUT2D eigenvalue weighted by molar-refractivity contribution is -0.386. The van der Waals surface area contributed by atoms with Crippen LogP contribution in [0.25, 0.3) is 0 Å². The van der Waals surface area contributed by atoms with E-state index in [0.29, 0.717) is 0 Å². The fourth-order valence-corrected chi connectivity index (χ4v) is 2.51. The van der Waals surface area contributed by atoms with Gasteiger partial charge in [-0.05, 0) is 19.1 Å². The van der Waals surface area contributed by atoms with E-state index in [1.165, 1.54) is 0 Å². The summed E-state index contributed by atoms with van der Waals surface area (Å²) in [5.41, 5.74) is -0.956. The quantitative estimate of drug-likeness (QED) is 0.408. The van der Waals surface area contributed by atoms with Crippen LogP contribution in [-0.4, -0.2) is 48.5 Å². The van der Waals surface area contributed by atoms with E-state index < -0.39 is 45.0 Å². The molecule has 9 nitrogen and oxygen atoms in total. The maximum atomic E-state index is 11.4. The molecule has 2 unspecified atom stereocenters. The maximum absolute atomic E-state index is 11.4. The van der Waals surface area contributed by atoms with Gasteiger partial charge >= 0.3 is 5.97 Å². The van der Waals surface area contributed by atoms with Crippen molar-refractivity contribution in [1.29, 1.82) is 0 Å². The minimum atomic E-state index is -3.67. The number of sulfone groups is 1. The molecule has 2 N–H and O–H groups in total. The molecule has 0 saturated carbocycles. The number of aliphatic hydroxyl groups excluding tert-OH is 2. The van der Waals surface area contributed by atoms with Crippen molar-refractivity contribution in [3.05, 3.63) is 33.9 Å². The number of ether oxygens (including phenoxy) is 1. The molecule has 0 aromatic heterocycles. The van der Waals surface area contributed by atoms with Gasteiger partial charge in [-0.3, -0.25) is 14.9 Å². The minimum Gasteiger partial charge on any atom is -0.466 e. The van der Waals surface area contributed by atoms with Crippen molar-refractivity contribution in [3.8, 4) is 0 Å². The van der Waals surface area contributed by atoms with E-state index >= 15 is 0 Å². The van der Waals surface area contributed by atoms with Gasteiger partial charge in [0.1, 0.15) is 6.10 Å². The number of nitro benzene ring substituents is 1. The summed E-state index contributed by atoms with van der Waals surface area (Å²) >= 11 is 0. The number of nitro groups is 1. The second kappa shape index (κ2) is 7.49. The molecule has 1 aromatic carbocycles. The number of rotatable bonds is 7. The summed E-state index contributed by atoms with van der Waals surface area (Å²) in [6.45, 7) is 1.65. The molecule has 0 spiro atoms. The van der Waals surface area contributed by atoms with E-state index in [2.05, 4.69) is 4.74 Å². The lowest BCUT2D eigenvalue weighted by Gasteiger charge is -2.17. The Bertz CT molecular complexity index is 700. The zero-order chi connectivity index (χ0) is 17.8. The molecule has 0 amide bonds. The zero-order valence-corrected chi connectivity index (χ0v) is 13.3. The van der Waals surface area contributed by atoms with Gasteiger partial charge in [0.05, 0.1) is 34.5 Å². The number of carbonyl (C=O) groups is 1. The molecule has 0 saturated heterocycles. The fraction of sp³-hybridized carbons (Fsp3) is 0.462. The molecule has 0 aliphatic carbocycles. The van der Waals surface area contributed by atoms with Crippen molar-refractivity contribution in [2.45, 2.75) is 30.4 Å². The molecule has 0 bridgehead atoms. The third-order valence-electron chi connectivity index (χ3n) is 2.99. The summed E-state index contributed by atoms with van der Waals surface area (Å²) in [6, 6.07) is 2.91. The Morgan fingerprint density at radius 3 is 2.48 bits per heavy atom. The van der Waals surface area contributed by atoms with E-state index in [0.717, 1.165) is 24.5 Å².